The first-order valence-electron chi connectivity index (χ1n) is 14.7. The Morgan fingerprint density at radius 1 is 1.12 bits per heavy atom. The summed E-state index contributed by atoms with van der Waals surface area (Å²) in [7, 11) is 0. The summed E-state index contributed by atoms with van der Waals surface area (Å²) in [6.07, 6.45) is 3.18. The number of carbonyl (C=O) groups excluding carboxylic acids is 5. The number of carbonyl (C=O) groups is 6. The number of aromatic hydroxyl groups is 1. The van der Waals surface area contributed by atoms with Gasteiger partial charge in [-0.25, -0.2) is 18.9 Å². The van der Waals surface area contributed by atoms with Gasteiger partial charge in [0.15, 0.2) is 0 Å². The van der Waals surface area contributed by atoms with Crippen molar-refractivity contribution in [2.45, 2.75) is 29.5 Å². The molecule has 2 unspecified atom stereocenters. The summed E-state index contributed by atoms with van der Waals surface area (Å²) in [4.78, 5) is 80.7. The molecule has 3 aliphatic heterocycles. The van der Waals surface area contributed by atoms with Crippen molar-refractivity contribution in [3.63, 3.8) is 0 Å². The lowest BCUT2D eigenvalue weighted by molar-refractivity contribution is -0.153. The number of carboxylic acid groups (broad SMARTS) is 1. The van der Waals surface area contributed by atoms with Gasteiger partial charge in [0.2, 0.25) is 11.1 Å². The van der Waals surface area contributed by atoms with Crippen LogP contribution >= 0.6 is 23.5 Å². The van der Waals surface area contributed by atoms with Crippen LogP contribution in [-0.4, -0.2) is 128 Å². The lowest BCUT2D eigenvalue weighted by Crippen LogP contribution is -2.71. The first kappa shape index (κ1) is 33.3. The van der Waals surface area contributed by atoms with Crippen molar-refractivity contribution in [1.29, 1.82) is 0 Å². The minimum atomic E-state index is -1.45. The second kappa shape index (κ2) is 13.5. The molecule has 6 rings (SSSR count). The fraction of sp³-hybridized carbons (Fsp3) is 0.321. The number of imide groups is 1. The Balaban J connectivity index is 1.16. The number of phenols is 1. The first-order chi connectivity index (χ1) is 23.5. The Bertz CT molecular complexity index is 1860. The summed E-state index contributed by atoms with van der Waals surface area (Å²) in [6.45, 7) is 2.01. The number of urea groups is 1. The maximum Gasteiger partial charge on any atom is 0.352 e. The van der Waals surface area contributed by atoms with Gasteiger partial charge in [-0.1, -0.05) is 23.9 Å². The van der Waals surface area contributed by atoms with Crippen molar-refractivity contribution >= 4 is 59.2 Å². The van der Waals surface area contributed by atoms with Crippen molar-refractivity contribution in [3.8, 4) is 11.7 Å². The van der Waals surface area contributed by atoms with Gasteiger partial charge in [0.25, 0.3) is 11.9 Å². The number of nitrogens with two attached hydrogens (primary N) is 1. The smallest absolute Gasteiger partial charge is 0.352 e. The van der Waals surface area contributed by atoms with Crippen molar-refractivity contribution < 1.29 is 39.0 Å². The zero-order chi connectivity index (χ0) is 35.0. The Labute approximate surface area is 285 Å². The van der Waals surface area contributed by atoms with E-state index in [0.29, 0.717) is 10.5 Å². The van der Waals surface area contributed by atoms with Crippen LogP contribution in [0.3, 0.4) is 0 Å². The number of hydrogen-bond donors (Lipinski definition) is 5. The van der Waals surface area contributed by atoms with E-state index in [4.69, 9.17) is 5.84 Å². The Morgan fingerprint density at radius 3 is 2.55 bits per heavy atom. The third kappa shape index (κ3) is 6.24. The predicted molar refractivity (Wildman–Crippen MR) is 171 cm³/mol. The van der Waals surface area contributed by atoms with Crippen LogP contribution in [-0.2, 0) is 24.0 Å². The Morgan fingerprint density at radius 2 is 1.88 bits per heavy atom. The number of piperazine rings is 1. The van der Waals surface area contributed by atoms with Crippen LogP contribution < -0.4 is 16.5 Å². The van der Waals surface area contributed by atoms with Crippen LogP contribution in [0.15, 0.2) is 59.2 Å². The molecule has 0 radical (unpaired) electrons. The molecule has 21 heteroatoms. The summed E-state index contributed by atoms with van der Waals surface area (Å²) in [5, 5.41) is 36.6. The van der Waals surface area contributed by atoms with Crippen LogP contribution in [0, 0.1) is 0 Å². The molecule has 19 nitrogen and oxygen atoms in total. The number of amides is 6. The van der Waals surface area contributed by atoms with E-state index in [1.807, 2.05) is 0 Å². The van der Waals surface area contributed by atoms with Gasteiger partial charge in [-0.2, -0.15) is 5.10 Å². The number of aromatic nitrogens is 5. The van der Waals surface area contributed by atoms with E-state index in [1.165, 1.54) is 50.3 Å². The minimum absolute atomic E-state index is 0.0942. The highest BCUT2D eigenvalue weighted by Crippen LogP contribution is 2.41. The van der Waals surface area contributed by atoms with Crippen LogP contribution in [0.5, 0.6) is 5.75 Å². The molecule has 2 saturated heterocycles. The molecule has 3 aliphatic rings. The molecule has 0 saturated carbocycles. The number of rotatable bonds is 10. The first-order valence-corrected chi connectivity index (χ1v) is 16.8. The number of phenolic OH excluding ortho intramolecular Hbond substituents is 1. The number of hydrogen-bond acceptors (Lipinski definition) is 13. The average molecular weight is 712 g/mol. The van der Waals surface area contributed by atoms with Gasteiger partial charge in [0, 0.05) is 43.5 Å². The maximum absolute atomic E-state index is 13.7. The molecule has 256 valence electrons. The number of aliphatic carboxylic acids is 1. The highest BCUT2D eigenvalue weighted by atomic mass is 32.2. The molecule has 0 aliphatic carbocycles. The number of nitrogen functional groups attached to an aromatic ring is 1. The molecular formula is C28H29N11O8S2. The highest BCUT2D eigenvalue weighted by Gasteiger charge is 2.54. The molecule has 6 N–H and O–H groups in total. The molecule has 1 aromatic carbocycles. The highest BCUT2D eigenvalue weighted by molar-refractivity contribution is 8.01. The molecule has 0 spiro atoms. The SMILES string of the molecule is CCN1CCN(C(=O)NC(C(=O)NC2C(=O)N3C(C(=O)O)=C(CSc4nnc(-n5cccn5)n4N)CS[C@H]23)c2ccc(O)cc2)C(=O)C1=O. The van der Waals surface area contributed by atoms with Crippen molar-refractivity contribution in [3.05, 3.63) is 59.6 Å². The topological polar surface area (TPSA) is 251 Å². The number of likely N-dealkylation sites (N-methyl/N-ethyl adjacent to an activating group) is 1. The monoisotopic (exact) mass is 711 g/mol. The number of thioether (sulfide) groups is 2. The summed E-state index contributed by atoms with van der Waals surface area (Å²) >= 11 is 2.37. The third-order valence-corrected chi connectivity index (χ3v) is 10.3. The van der Waals surface area contributed by atoms with Crippen molar-refractivity contribution in [2.24, 2.45) is 0 Å². The van der Waals surface area contributed by atoms with E-state index in [1.54, 1.807) is 25.4 Å². The van der Waals surface area contributed by atoms with E-state index in [9.17, 15) is 39.0 Å². The molecule has 0 bridgehead atoms. The standard InChI is InChI=1S/C28H29N11O8S2/c1-2-35-10-11-36(23(44)22(35)43)27(47)32-17(14-4-6-16(40)7-5-14)20(41)31-18-21(42)38-19(25(45)46)15(12-48-24(18)38)13-49-28-34-33-26(39(28)29)37-9-3-8-30-37/h3-9,17-18,24,40H,2,10-13,29H2,1H3,(H,31,41)(H,32,47)(H,45,46)/t17?,18?,24-/m1/s1. The largest absolute Gasteiger partial charge is 0.508 e. The summed E-state index contributed by atoms with van der Waals surface area (Å²) in [6, 6.07) is 3.43. The fourth-order valence-corrected chi connectivity index (χ4v) is 7.77. The number of fused-ring (bicyclic) bond motifs is 1. The summed E-state index contributed by atoms with van der Waals surface area (Å²) in [5.41, 5.74) is 0.417. The van der Waals surface area contributed by atoms with Crippen molar-refractivity contribution in [1.82, 2.24) is 50.0 Å². The molecule has 2 fully saturated rings. The summed E-state index contributed by atoms with van der Waals surface area (Å²) in [5.74, 6) is 1.83. The second-order valence-corrected chi connectivity index (χ2v) is 12.9. The van der Waals surface area contributed by atoms with Gasteiger partial charge in [0.05, 0.1) is 0 Å². The second-order valence-electron chi connectivity index (χ2n) is 10.9. The molecule has 2 aromatic heterocycles. The number of β-lactam (4-membered cyclic amide) rings is 1. The molecular weight excluding hydrogens is 683 g/mol. The number of nitrogens with zero attached hydrogens (tertiary/aromatic N) is 8. The van der Waals surface area contributed by atoms with E-state index in [-0.39, 0.29) is 59.3 Å². The van der Waals surface area contributed by atoms with E-state index in [0.717, 1.165) is 16.7 Å². The molecule has 6 amide bonds. The predicted octanol–water partition coefficient (Wildman–Crippen LogP) is -1.14. The number of benzene rings is 1. The van der Waals surface area contributed by atoms with Crippen LogP contribution in [0.25, 0.3) is 5.95 Å². The van der Waals surface area contributed by atoms with Gasteiger partial charge >= 0.3 is 23.8 Å². The van der Waals surface area contributed by atoms with E-state index < -0.39 is 53.1 Å². The molecule has 49 heavy (non-hydrogen) atoms. The molecule has 3 atom stereocenters. The van der Waals surface area contributed by atoms with Gasteiger partial charge < -0.3 is 31.6 Å². The lowest BCUT2D eigenvalue weighted by Gasteiger charge is -2.49. The van der Waals surface area contributed by atoms with Gasteiger partial charge in [-0.15, -0.1) is 22.0 Å². The van der Waals surface area contributed by atoms with Gasteiger partial charge in [-0.05, 0) is 36.3 Å². The zero-order valence-electron chi connectivity index (χ0n) is 25.6. The average Bonchev–Trinajstić information content (AvgIpc) is 3.75. The van der Waals surface area contributed by atoms with E-state index in [2.05, 4.69) is 25.9 Å². The molecule has 3 aromatic rings. The van der Waals surface area contributed by atoms with E-state index >= 15 is 0 Å². The van der Waals surface area contributed by atoms with Crippen molar-refractivity contribution in [2.75, 3.05) is 37.0 Å². The normalized spacial score (nSPS) is 19.8. The lowest BCUT2D eigenvalue weighted by atomic mass is 10.0. The quantitative estimate of drug-likeness (QED) is 0.0722. The Hall–Kier alpha value is -5.57. The van der Waals surface area contributed by atoms with Gasteiger partial charge in [0.1, 0.15) is 28.9 Å². The molecule has 5 heterocycles. The fourth-order valence-electron chi connectivity index (χ4n) is 5.43. The number of carboxylic acids is 1. The number of nitrogens with one attached hydrogen (secondary N) is 2. The van der Waals surface area contributed by atoms with Crippen LogP contribution in [0.1, 0.15) is 18.5 Å². The minimum Gasteiger partial charge on any atom is -0.508 e. The van der Waals surface area contributed by atoms with Gasteiger partial charge in [-0.3, -0.25) is 29.0 Å². The van der Waals surface area contributed by atoms with Crippen LogP contribution in [0.4, 0.5) is 4.79 Å². The van der Waals surface area contributed by atoms with Crippen LogP contribution in [0.2, 0.25) is 0 Å². The zero-order valence-corrected chi connectivity index (χ0v) is 27.3. The third-order valence-electron chi connectivity index (χ3n) is 7.97. The Kier molecular flexibility index (Phi) is 9.19. The summed E-state index contributed by atoms with van der Waals surface area (Å²) < 4.78 is 2.62. The maximum atomic E-state index is 13.7.